The van der Waals surface area contributed by atoms with Gasteiger partial charge in [-0.05, 0) is 45.2 Å². The van der Waals surface area contributed by atoms with E-state index in [9.17, 15) is 9.18 Å². The molecule has 0 aliphatic carbocycles. The third-order valence-electron chi connectivity index (χ3n) is 3.90. The van der Waals surface area contributed by atoms with E-state index in [0.29, 0.717) is 6.54 Å². The van der Waals surface area contributed by atoms with E-state index in [1.165, 1.54) is 38.8 Å². The summed E-state index contributed by atoms with van der Waals surface area (Å²) in [5.74, 6) is -0.708. The third kappa shape index (κ3) is 2.33. The molecule has 0 aromatic carbocycles. The van der Waals surface area contributed by atoms with E-state index in [0.717, 1.165) is 6.42 Å². The first-order chi connectivity index (χ1) is 7.64. The quantitative estimate of drug-likeness (QED) is 0.768. The van der Waals surface area contributed by atoms with Crippen LogP contribution >= 0.6 is 11.6 Å². The summed E-state index contributed by atoms with van der Waals surface area (Å²) < 4.78 is 12.4. The van der Waals surface area contributed by atoms with E-state index in [1.807, 2.05) is 0 Å². The summed E-state index contributed by atoms with van der Waals surface area (Å²) in [6.45, 7) is 2.88. The molecule has 2 saturated heterocycles. The van der Waals surface area contributed by atoms with E-state index in [-0.39, 0.29) is 5.54 Å². The van der Waals surface area contributed by atoms with E-state index in [2.05, 4.69) is 10.2 Å². The highest BCUT2D eigenvalue weighted by molar-refractivity contribution is 6.29. The molecule has 1 amide bonds. The largest absolute Gasteiger partial charge is 0.352 e. The topological polar surface area (TPSA) is 32.3 Å². The van der Waals surface area contributed by atoms with Crippen LogP contribution in [0.5, 0.6) is 0 Å². The van der Waals surface area contributed by atoms with Gasteiger partial charge in [0, 0.05) is 12.1 Å². The maximum Gasteiger partial charge on any atom is 0.270 e. The fourth-order valence-electron chi connectivity index (χ4n) is 3.13. The Morgan fingerprint density at radius 2 is 2.06 bits per heavy atom. The van der Waals surface area contributed by atoms with Crippen molar-refractivity contribution in [2.24, 2.45) is 0 Å². The Labute approximate surface area is 100 Å². The molecular weight excluding hydrogens is 231 g/mol. The van der Waals surface area contributed by atoms with Crippen molar-refractivity contribution in [2.75, 3.05) is 19.6 Å². The zero-order valence-corrected chi connectivity index (χ0v) is 10.1. The summed E-state index contributed by atoms with van der Waals surface area (Å²) in [5, 5.41) is 2.54. The monoisotopic (exact) mass is 248 g/mol. The van der Waals surface area contributed by atoms with Gasteiger partial charge in [-0.2, -0.15) is 0 Å². The van der Waals surface area contributed by atoms with Crippen LogP contribution in [0.4, 0.5) is 4.39 Å². The highest BCUT2D eigenvalue weighted by Crippen LogP contribution is 2.40. The average Bonchev–Trinajstić information content (AvgIpc) is 2.75. The molecule has 0 spiro atoms. The highest BCUT2D eigenvalue weighted by Gasteiger charge is 2.43. The number of alkyl halides is 2. The van der Waals surface area contributed by atoms with Crippen LogP contribution in [0.2, 0.25) is 0 Å². The number of nitrogens with zero attached hydrogens (tertiary/aromatic N) is 1. The zero-order valence-electron chi connectivity index (χ0n) is 9.35. The van der Waals surface area contributed by atoms with E-state index < -0.39 is 11.5 Å². The van der Waals surface area contributed by atoms with Crippen molar-refractivity contribution in [3.8, 4) is 0 Å². The fraction of sp³-hybridized carbons (Fsp3) is 0.909. The number of halogens is 2. The van der Waals surface area contributed by atoms with Gasteiger partial charge < -0.3 is 5.32 Å². The van der Waals surface area contributed by atoms with Gasteiger partial charge in [-0.25, -0.2) is 4.39 Å². The molecule has 0 aromatic heterocycles. The molecule has 0 radical (unpaired) electrons. The van der Waals surface area contributed by atoms with Crippen LogP contribution in [-0.2, 0) is 4.79 Å². The molecule has 2 aliphatic heterocycles. The summed E-state index contributed by atoms with van der Waals surface area (Å²) in [6.07, 6.45) is 5.83. The van der Waals surface area contributed by atoms with Gasteiger partial charge in [0.25, 0.3) is 11.5 Å². The summed E-state index contributed by atoms with van der Waals surface area (Å²) in [6, 6.07) is 0. The first-order valence-electron chi connectivity index (χ1n) is 5.95. The number of rotatable bonds is 4. The van der Waals surface area contributed by atoms with Crippen molar-refractivity contribution < 1.29 is 9.18 Å². The molecule has 2 rings (SSSR count). The smallest absolute Gasteiger partial charge is 0.270 e. The second-order valence-electron chi connectivity index (χ2n) is 4.76. The van der Waals surface area contributed by atoms with Gasteiger partial charge in [0.05, 0.1) is 0 Å². The average molecular weight is 249 g/mol. The van der Waals surface area contributed by atoms with E-state index in [4.69, 9.17) is 11.6 Å². The third-order valence-corrected chi connectivity index (χ3v) is 4.10. The number of hydrogen-bond donors (Lipinski definition) is 1. The summed E-state index contributed by atoms with van der Waals surface area (Å²) >= 11 is 5.04. The molecule has 92 valence electrons. The van der Waals surface area contributed by atoms with Crippen LogP contribution in [0.15, 0.2) is 0 Å². The molecule has 1 atom stereocenters. The first-order valence-corrected chi connectivity index (χ1v) is 6.39. The van der Waals surface area contributed by atoms with Crippen molar-refractivity contribution in [1.82, 2.24) is 10.2 Å². The van der Waals surface area contributed by atoms with Crippen LogP contribution in [0.3, 0.4) is 0 Å². The molecule has 2 aliphatic rings. The molecule has 1 unspecified atom stereocenters. The Hall–Kier alpha value is -0.350. The number of carbonyl (C=O) groups is 1. The SMILES string of the molecule is O=C(NCCC12CCCN1CCC2)C(F)Cl. The van der Waals surface area contributed by atoms with Crippen LogP contribution in [0.1, 0.15) is 32.1 Å². The van der Waals surface area contributed by atoms with Crippen molar-refractivity contribution in [1.29, 1.82) is 0 Å². The van der Waals surface area contributed by atoms with Crippen LogP contribution in [-0.4, -0.2) is 41.6 Å². The van der Waals surface area contributed by atoms with Gasteiger partial charge in [0.1, 0.15) is 0 Å². The Kier molecular flexibility index (Phi) is 3.70. The molecule has 2 fully saturated rings. The van der Waals surface area contributed by atoms with Gasteiger partial charge in [0.2, 0.25) is 0 Å². The first kappa shape index (κ1) is 12.1. The molecule has 5 heteroatoms. The van der Waals surface area contributed by atoms with Crippen LogP contribution in [0.25, 0.3) is 0 Å². The molecule has 16 heavy (non-hydrogen) atoms. The number of carbonyl (C=O) groups excluding carboxylic acids is 1. The van der Waals surface area contributed by atoms with E-state index >= 15 is 0 Å². The number of hydrogen-bond acceptors (Lipinski definition) is 2. The number of fused-ring (bicyclic) bond motifs is 1. The second kappa shape index (κ2) is 4.88. The maximum absolute atomic E-state index is 12.4. The van der Waals surface area contributed by atoms with Crippen molar-refractivity contribution in [2.45, 2.75) is 43.3 Å². The lowest BCUT2D eigenvalue weighted by Crippen LogP contribution is -2.42. The van der Waals surface area contributed by atoms with Crippen molar-refractivity contribution in [3.63, 3.8) is 0 Å². The normalized spacial score (nSPS) is 25.4. The van der Waals surface area contributed by atoms with Crippen molar-refractivity contribution >= 4 is 17.5 Å². The van der Waals surface area contributed by atoms with Gasteiger partial charge in [-0.15, -0.1) is 0 Å². The van der Waals surface area contributed by atoms with Crippen molar-refractivity contribution in [3.05, 3.63) is 0 Å². The standard InChI is InChI=1S/C11H18ClFN2O/c12-9(13)10(16)14-6-5-11-3-1-7-15(11)8-2-4-11/h9H,1-8H2,(H,14,16). The zero-order chi connectivity index (χ0) is 11.6. The predicted molar refractivity (Wildman–Crippen MR) is 61.1 cm³/mol. The van der Waals surface area contributed by atoms with Gasteiger partial charge in [-0.3, -0.25) is 9.69 Å². The van der Waals surface area contributed by atoms with Crippen LogP contribution < -0.4 is 5.32 Å². The lowest BCUT2D eigenvalue weighted by molar-refractivity contribution is -0.123. The Morgan fingerprint density at radius 3 is 2.62 bits per heavy atom. The fourth-order valence-corrected chi connectivity index (χ4v) is 3.21. The number of nitrogens with one attached hydrogen (secondary N) is 1. The molecule has 0 saturated carbocycles. The second-order valence-corrected chi connectivity index (χ2v) is 5.14. The number of amides is 1. The minimum absolute atomic E-state index is 0.283. The molecule has 1 N–H and O–H groups in total. The van der Waals surface area contributed by atoms with Gasteiger partial charge in [-0.1, -0.05) is 11.6 Å². The Morgan fingerprint density at radius 1 is 1.44 bits per heavy atom. The predicted octanol–water partition coefficient (Wildman–Crippen LogP) is 1.66. The van der Waals surface area contributed by atoms with Gasteiger partial charge >= 0.3 is 0 Å². The molecular formula is C11H18ClFN2O. The Balaban J connectivity index is 1.79. The molecule has 0 aromatic rings. The Bertz CT molecular complexity index is 263. The lowest BCUT2D eigenvalue weighted by atomic mass is 9.90. The summed E-state index contributed by atoms with van der Waals surface area (Å²) in [5.41, 5.74) is -1.63. The maximum atomic E-state index is 12.4. The summed E-state index contributed by atoms with van der Waals surface area (Å²) in [7, 11) is 0. The van der Waals surface area contributed by atoms with Gasteiger partial charge in [0.15, 0.2) is 0 Å². The molecule has 2 heterocycles. The van der Waals surface area contributed by atoms with E-state index in [1.54, 1.807) is 0 Å². The van der Waals surface area contributed by atoms with Crippen LogP contribution in [0, 0.1) is 0 Å². The molecule has 0 bridgehead atoms. The minimum atomic E-state index is -1.92. The lowest BCUT2D eigenvalue weighted by Gasteiger charge is -2.32. The highest BCUT2D eigenvalue weighted by atomic mass is 35.5. The molecule has 3 nitrogen and oxygen atoms in total. The minimum Gasteiger partial charge on any atom is -0.352 e. The summed E-state index contributed by atoms with van der Waals surface area (Å²) in [4.78, 5) is 13.5.